The van der Waals surface area contributed by atoms with Crippen molar-refractivity contribution in [1.29, 1.82) is 0 Å². The van der Waals surface area contributed by atoms with Gasteiger partial charge in [0.15, 0.2) is 0 Å². The molecule has 5 nitrogen and oxygen atoms in total. The lowest BCUT2D eigenvalue weighted by molar-refractivity contribution is -0.128. The smallest absolute Gasteiger partial charge is 0.236 e. The van der Waals surface area contributed by atoms with Crippen LogP contribution in [0.25, 0.3) is 0 Å². The number of nitrogens with one attached hydrogen (secondary N) is 1. The summed E-state index contributed by atoms with van der Waals surface area (Å²) in [5, 5.41) is 2.64. The molecule has 0 saturated carbocycles. The van der Waals surface area contributed by atoms with Crippen molar-refractivity contribution in [3.8, 4) is 0 Å². The molecule has 0 aromatic carbocycles. The van der Waals surface area contributed by atoms with Gasteiger partial charge in [0.25, 0.3) is 0 Å². The molecule has 0 aliphatic rings. The van der Waals surface area contributed by atoms with Crippen LogP contribution in [0.5, 0.6) is 0 Å². The van der Waals surface area contributed by atoms with Gasteiger partial charge in [0.2, 0.25) is 11.8 Å². The molecular formula is C10H22ClN3O2. The molecule has 0 saturated heterocycles. The van der Waals surface area contributed by atoms with Crippen molar-refractivity contribution in [2.24, 2.45) is 5.73 Å². The first-order valence-electron chi connectivity index (χ1n) is 5.22. The highest BCUT2D eigenvalue weighted by Crippen LogP contribution is 1.93. The van der Waals surface area contributed by atoms with E-state index in [9.17, 15) is 9.59 Å². The molecule has 2 amide bonds. The predicted molar refractivity (Wildman–Crippen MR) is 66.5 cm³/mol. The van der Waals surface area contributed by atoms with Crippen LogP contribution >= 0.6 is 12.4 Å². The first-order valence-corrected chi connectivity index (χ1v) is 5.22. The molecule has 0 rings (SSSR count). The van der Waals surface area contributed by atoms with Crippen molar-refractivity contribution in [2.45, 2.75) is 32.2 Å². The third-order valence-electron chi connectivity index (χ3n) is 2.07. The van der Waals surface area contributed by atoms with E-state index in [1.807, 2.05) is 6.92 Å². The van der Waals surface area contributed by atoms with Gasteiger partial charge >= 0.3 is 0 Å². The number of carbonyl (C=O) groups is 2. The van der Waals surface area contributed by atoms with Gasteiger partial charge in [0.05, 0.1) is 6.04 Å². The molecule has 6 heteroatoms. The number of nitrogens with zero attached hydrogens (tertiary/aromatic N) is 1. The third kappa shape index (κ3) is 7.48. The monoisotopic (exact) mass is 251 g/mol. The second-order valence-corrected chi connectivity index (χ2v) is 3.72. The maximum absolute atomic E-state index is 11.3. The molecule has 16 heavy (non-hydrogen) atoms. The highest BCUT2D eigenvalue weighted by Gasteiger charge is 2.12. The Hall–Kier alpha value is -0.810. The molecule has 0 bridgehead atoms. The standard InChI is InChI=1S/C10H21N3O2.ClH/c1-4-5-8(11)10(15)12-7-6-9(14)13(2)3;/h8H,4-7,11H2,1-3H3,(H,12,15);1H. The zero-order valence-corrected chi connectivity index (χ0v) is 11.0. The number of hydrogen-bond acceptors (Lipinski definition) is 3. The molecule has 0 aromatic rings. The van der Waals surface area contributed by atoms with E-state index >= 15 is 0 Å². The van der Waals surface area contributed by atoms with Crippen LogP contribution in [0, 0.1) is 0 Å². The Morgan fingerprint density at radius 3 is 2.38 bits per heavy atom. The van der Waals surface area contributed by atoms with E-state index in [-0.39, 0.29) is 24.2 Å². The molecule has 0 aliphatic heterocycles. The molecular weight excluding hydrogens is 230 g/mol. The van der Waals surface area contributed by atoms with E-state index in [0.29, 0.717) is 19.4 Å². The third-order valence-corrected chi connectivity index (χ3v) is 2.07. The number of halogens is 1. The summed E-state index contributed by atoms with van der Waals surface area (Å²) in [6.07, 6.45) is 1.87. The Bertz CT molecular complexity index is 222. The van der Waals surface area contributed by atoms with E-state index in [1.54, 1.807) is 14.1 Å². The van der Waals surface area contributed by atoms with Gasteiger partial charge in [-0.25, -0.2) is 0 Å². The molecule has 0 fully saturated rings. The van der Waals surface area contributed by atoms with Crippen LogP contribution in [0.4, 0.5) is 0 Å². The number of carbonyl (C=O) groups excluding carboxylic acids is 2. The van der Waals surface area contributed by atoms with Crippen molar-refractivity contribution in [3.63, 3.8) is 0 Å². The maximum Gasteiger partial charge on any atom is 0.236 e. The Balaban J connectivity index is 0. The molecule has 0 spiro atoms. The molecule has 0 radical (unpaired) electrons. The van der Waals surface area contributed by atoms with Crippen molar-refractivity contribution in [3.05, 3.63) is 0 Å². The molecule has 3 N–H and O–H groups in total. The first kappa shape index (κ1) is 17.6. The summed E-state index contributed by atoms with van der Waals surface area (Å²) in [5.74, 6) is -0.178. The van der Waals surface area contributed by atoms with Gasteiger partial charge in [0, 0.05) is 27.1 Å². The van der Waals surface area contributed by atoms with Gasteiger partial charge in [-0.2, -0.15) is 0 Å². The van der Waals surface area contributed by atoms with Crippen molar-refractivity contribution >= 4 is 24.2 Å². The SMILES string of the molecule is CCCC(N)C(=O)NCCC(=O)N(C)C.Cl. The molecule has 0 aromatic heterocycles. The fourth-order valence-corrected chi connectivity index (χ4v) is 1.09. The zero-order valence-electron chi connectivity index (χ0n) is 10.2. The normalized spacial score (nSPS) is 11.2. The summed E-state index contributed by atoms with van der Waals surface area (Å²) < 4.78 is 0. The van der Waals surface area contributed by atoms with Crippen molar-refractivity contribution in [1.82, 2.24) is 10.2 Å². The second kappa shape index (κ2) is 9.42. The molecule has 96 valence electrons. The lowest BCUT2D eigenvalue weighted by Gasteiger charge is -2.13. The van der Waals surface area contributed by atoms with E-state index in [1.165, 1.54) is 4.90 Å². The Labute approximate surface area is 103 Å². The average Bonchev–Trinajstić information content (AvgIpc) is 2.17. The van der Waals surface area contributed by atoms with Crippen molar-refractivity contribution < 1.29 is 9.59 Å². The maximum atomic E-state index is 11.3. The quantitative estimate of drug-likeness (QED) is 0.705. The minimum Gasteiger partial charge on any atom is -0.354 e. The van der Waals surface area contributed by atoms with Crippen LogP contribution < -0.4 is 11.1 Å². The van der Waals surface area contributed by atoms with Crippen LogP contribution in [0.1, 0.15) is 26.2 Å². The number of hydrogen-bond donors (Lipinski definition) is 2. The number of rotatable bonds is 6. The largest absolute Gasteiger partial charge is 0.354 e. The van der Waals surface area contributed by atoms with E-state index < -0.39 is 6.04 Å². The van der Waals surface area contributed by atoms with Gasteiger partial charge in [-0.1, -0.05) is 13.3 Å². The van der Waals surface area contributed by atoms with Crippen molar-refractivity contribution in [2.75, 3.05) is 20.6 Å². The number of nitrogens with two attached hydrogens (primary N) is 1. The van der Waals surface area contributed by atoms with Gasteiger partial charge in [-0.3, -0.25) is 9.59 Å². The minimum absolute atomic E-state index is 0. The van der Waals surface area contributed by atoms with Crippen LogP contribution in [0.2, 0.25) is 0 Å². The highest BCUT2D eigenvalue weighted by molar-refractivity contribution is 5.85. The molecule has 1 unspecified atom stereocenters. The minimum atomic E-state index is -0.454. The van der Waals surface area contributed by atoms with Gasteiger partial charge in [-0.15, -0.1) is 12.4 Å². The lowest BCUT2D eigenvalue weighted by atomic mass is 10.1. The van der Waals surface area contributed by atoms with Crippen LogP contribution in [-0.4, -0.2) is 43.4 Å². The van der Waals surface area contributed by atoms with Gasteiger partial charge in [0.1, 0.15) is 0 Å². The summed E-state index contributed by atoms with van der Waals surface area (Å²) in [4.78, 5) is 24.0. The second-order valence-electron chi connectivity index (χ2n) is 3.72. The fourth-order valence-electron chi connectivity index (χ4n) is 1.09. The Morgan fingerprint density at radius 1 is 1.38 bits per heavy atom. The highest BCUT2D eigenvalue weighted by atomic mass is 35.5. The summed E-state index contributed by atoms with van der Waals surface area (Å²) in [7, 11) is 3.37. The molecule has 0 aliphatic carbocycles. The predicted octanol–water partition coefficient (Wildman–Crippen LogP) is 0.130. The fraction of sp³-hybridized carbons (Fsp3) is 0.800. The Morgan fingerprint density at radius 2 is 1.94 bits per heavy atom. The van der Waals surface area contributed by atoms with E-state index in [4.69, 9.17) is 5.73 Å². The van der Waals surface area contributed by atoms with Crippen LogP contribution in [-0.2, 0) is 9.59 Å². The topological polar surface area (TPSA) is 75.4 Å². The summed E-state index contributed by atoms with van der Waals surface area (Å²) >= 11 is 0. The van der Waals surface area contributed by atoms with E-state index in [0.717, 1.165) is 6.42 Å². The molecule has 0 heterocycles. The van der Waals surface area contributed by atoms with E-state index in [2.05, 4.69) is 5.32 Å². The average molecular weight is 252 g/mol. The summed E-state index contributed by atoms with van der Waals surface area (Å²) in [5.41, 5.74) is 5.60. The zero-order chi connectivity index (χ0) is 11.8. The van der Waals surface area contributed by atoms with Gasteiger partial charge in [-0.05, 0) is 6.42 Å². The van der Waals surface area contributed by atoms with Crippen LogP contribution in [0.3, 0.4) is 0 Å². The van der Waals surface area contributed by atoms with Gasteiger partial charge < -0.3 is 16.0 Å². The van der Waals surface area contributed by atoms with Crippen LogP contribution in [0.15, 0.2) is 0 Å². The Kier molecular flexibility index (Phi) is 10.3. The number of amides is 2. The summed E-state index contributed by atoms with van der Waals surface area (Å²) in [6, 6.07) is -0.454. The summed E-state index contributed by atoms with van der Waals surface area (Å²) in [6.45, 7) is 2.33. The lowest BCUT2D eigenvalue weighted by Crippen LogP contribution is -2.41. The molecule has 1 atom stereocenters. The first-order chi connectivity index (χ1) is 6.99.